The van der Waals surface area contributed by atoms with Crippen molar-refractivity contribution in [2.24, 2.45) is 11.5 Å². The molecule has 1 fully saturated rings. The Morgan fingerprint density at radius 3 is 2.79 bits per heavy atom. The normalized spacial score (nSPS) is 18.7. The monoisotopic (exact) mass is 260 g/mol. The topological polar surface area (TPSA) is 114 Å². The van der Waals surface area contributed by atoms with Crippen molar-refractivity contribution < 1.29 is 4.79 Å². The highest BCUT2D eigenvalue weighted by atomic mass is 16.1. The molecule has 5 N–H and O–H groups in total. The first-order valence-electron chi connectivity index (χ1n) is 6.22. The van der Waals surface area contributed by atoms with Crippen molar-refractivity contribution in [2.75, 3.05) is 18.0 Å². The van der Waals surface area contributed by atoms with Crippen LogP contribution in [0.4, 0.5) is 5.82 Å². The number of hydrogen-bond donors (Lipinski definition) is 3. The number of carbonyl (C=O) groups excluding carboxylic acids is 1. The highest BCUT2D eigenvalue weighted by molar-refractivity contribution is 5.88. The molecule has 2 aromatic heterocycles. The Balaban J connectivity index is 1.86. The molecule has 1 aliphatic rings. The number of amides is 1. The number of fused-ring (bicyclic) bond motifs is 1. The Morgan fingerprint density at radius 2 is 2.11 bits per heavy atom. The van der Waals surface area contributed by atoms with Crippen LogP contribution in [-0.2, 0) is 4.79 Å². The number of carbonyl (C=O) groups is 1. The molecule has 1 aliphatic heterocycles. The van der Waals surface area contributed by atoms with Gasteiger partial charge in [0.25, 0.3) is 0 Å². The minimum absolute atomic E-state index is 0.429. The van der Waals surface area contributed by atoms with Gasteiger partial charge in [-0.15, -0.1) is 0 Å². The summed E-state index contributed by atoms with van der Waals surface area (Å²) in [5, 5.41) is 0.978. The average Bonchev–Trinajstić information content (AvgIpc) is 2.87. The zero-order valence-electron chi connectivity index (χ0n) is 10.5. The van der Waals surface area contributed by atoms with Crippen molar-refractivity contribution in [3.8, 4) is 0 Å². The highest BCUT2D eigenvalue weighted by Crippen LogP contribution is 2.27. The summed E-state index contributed by atoms with van der Waals surface area (Å²) in [4.78, 5) is 25.0. The van der Waals surface area contributed by atoms with Crippen LogP contribution in [0.3, 0.4) is 0 Å². The zero-order valence-corrected chi connectivity index (χ0v) is 10.5. The lowest BCUT2D eigenvalue weighted by Crippen LogP contribution is -2.58. The number of aromatic nitrogens is 3. The molecule has 2 aromatic rings. The fraction of sp³-hybridized carbons (Fsp3) is 0.417. The van der Waals surface area contributed by atoms with E-state index >= 15 is 0 Å². The van der Waals surface area contributed by atoms with Crippen molar-refractivity contribution in [2.45, 2.75) is 18.4 Å². The number of nitrogens with two attached hydrogens (primary N) is 2. The number of hydrogen-bond acceptors (Lipinski definition) is 5. The molecular weight excluding hydrogens is 244 g/mol. The van der Waals surface area contributed by atoms with E-state index in [1.54, 1.807) is 0 Å². The van der Waals surface area contributed by atoms with Crippen LogP contribution in [0, 0.1) is 0 Å². The highest BCUT2D eigenvalue weighted by Gasteiger charge is 2.36. The van der Waals surface area contributed by atoms with E-state index in [1.165, 1.54) is 6.33 Å². The first kappa shape index (κ1) is 11.9. The van der Waals surface area contributed by atoms with E-state index in [0.29, 0.717) is 25.9 Å². The van der Waals surface area contributed by atoms with Crippen molar-refractivity contribution in [1.29, 1.82) is 0 Å². The van der Waals surface area contributed by atoms with Gasteiger partial charge in [-0.05, 0) is 18.9 Å². The summed E-state index contributed by atoms with van der Waals surface area (Å²) in [5.74, 6) is 0.444. The molecule has 3 rings (SSSR count). The Hall–Kier alpha value is -2.15. The van der Waals surface area contributed by atoms with E-state index in [-0.39, 0.29) is 0 Å². The Kier molecular flexibility index (Phi) is 2.63. The van der Waals surface area contributed by atoms with E-state index in [1.807, 2.05) is 12.3 Å². The largest absolute Gasteiger partial charge is 0.368 e. The van der Waals surface area contributed by atoms with Crippen LogP contribution in [0.5, 0.6) is 0 Å². The van der Waals surface area contributed by atoms with E-state index < -0.39 is 11.4 Å². The number of H-pyrrole nitrogens is 1. The third-order valence-corrected chi connectivity index (χ3v) is 3.78. The van der Waals surface area contributed by atoms with Gasteiger partial charge >= 0.3 is 0 Å². The van der Waals surface area contributed by atoms with Crippen LogP contribution in [0.2, 0.25) is 0 Å². The maximum atomic E-state index is 11.3. The summed E-state index contributed by atoms with van der Waals surface area (Å²) in [6.07, 6.45) is 4.45. The van der Waals surface area contributed by atoms with E-state index in [2.05, 4.69) is 19.9 Å². The predicted octanol–water partition coefficient (Wildman–Crippen LogP) is -0.259. The van der Waals surface area contributed by atoms with Crippen molar-refractivity contribution in [1.82, 2.24) is 15.0 Å². The van der Waals surface area contributed by atoms with E-state index in [4.69, 9.17) is 11.5 Å². The number of rotatable bonds is 2. The van der Waals surface area contributed by atoms with Gasteiger partial charge in [-0.2, -0.15) is 0 Å². The lowest BCUT2D eigenvalue weighted by molar-refractivity contribution is -0.123. The molecule has 0 saturated carbocycles. The molecule has 0 bridgehead atoms. The molecular formula is C12H16N6O. The van der Waals surface area contributed by atoms with Crippen LogP contribution >= 0.6 is 0 Å². The fourth-order valence-electron chi connectivity index (χ4n) is 2.47. The van der Waals surface area contributed by atoms with Crippen molar-refractivity contribution >= 4 is 22.8 Å². The van der Waals surface area contributed by atoms with Crippen molar-refractivity contribution in [3.63, 3.8) is 0 Å². The Morgan fingerprint density at radius 1 is 1.37 bits per heavy atom. The maximum absolute atomic E-state index is 11.3. The predicted molar refractivity (Wildman–Crippen MR) is 71.4 cm³/mol. The zero-order chi connectivity index (χ0) is 13.5. The number of piperidine rings is 1. The van der Waals surface area contributed by atoms with Gasteiger partial charge in [-0.25, -0.2) is 9.97 Å². The average molecular weight is 260 g/mol. The molecule has 0 atom stereocenters. The summed E-state index contributed by atoms with van der Waals surface area (Å²) in [7, 11) is 0. The van der Waals surface area contributed by atoms with Crippen LogP contribution in [-0.4, -0.2) is 39.5 Å². The minimum atomic E-state index is -0.888. The number of primary amides is 1. The molecule has 3 heterocycles. The summed E-state index contributed by atoms with van der Waals surface area (Å²) in [6.45, 7) is 1.33. The standard InChI is InChI=1S/C12H16N6O/c13-11(19)12(14)2-5-18(6-3-12)10-8-1-4-15-9(8)16-7-17-10/h1,4,7H,2-3,5-6,14H2,(H2,13,19)(H,15,16,17). The fourth-order valence-corrected chi connectivity index (χ4v) is 2.47. The van der Waals surface area contributed by atoms with Crippen LogP contribution in [0.1, 0.15) is 12.8 Å². The van der Waals surface area contributed by atoms with Gasteiger partial charge in [-0.3, -0.25) is 4.79 Å². The van der Waals surface area contributed by atoms with Gasteiger partial charge in [0.2, 0.25) is 5.91 Å². The SMILES string of the molecule is NC(=O)C1(N)CCN(c2ncnc3[nH]ccc23)CC1. The second kappa shape index (κ2) is 4.20. The molecule has 1 amide bonds. The summed E-state index contributed by atoms with van der Waals surface area (Å²) in [5.41, 5.74) is 11.3. The molecule has 1 saturated heterocycles. The van der Waals surface area contributed by atoms with Gasteiger partial charge in [-0.1, -0.05) is 0 Å². The minimum Gasteiger partial charge on any atom is -0.368 e. The Labute approximate surface area is 110 Å². The number of aromatic amines is 1. The molecule has 0 spiro atoms. The third-order valence-electron chi connectivity index (χ3n) is 3.78. The first-order chi connectivity index (χ1) is 9.10. The number of nitrogens with one attached hydrogen (secondary N) is 1. The van der Waals surface area contributed by atoms with Crippen LogP contribution < -0.4 is 16.4 Å². The molecule has 0 radical (unpaired) electrons. The lowest BCUT2D eigenvalue weighted by atomic mass is 9.88. The molecule has 0 aliphatic carbocycles. The molecule has 0 aromatic carbocycles. The first-order valence-corrected chi connectivity index (χ1v) is 6.22. The van der Waals surface area contributed by atoms with Gasteiger partial charge < -0.3 is 21.4 Å². The second-order valence-corrected chi connectivity index (χ2v) is 4.94. The van der Waals surface area contributed by atoms with E-state index in [0.717, 1.165) is 16.9 Å². The quantitative estimate of drug-likeness (QED) is 0.688. The van der Waals surface area contributed by atoms with Gasteiger partial charge in [0.1, 0.15) is 17.8 Å². The molecule has 0 unspecified atom stereocenters. The second-order valence-electron chi connectivity index (χ2n) is 4.94. The third kappa shape index (κ3) is 1.91. The Bertz CT molecular complexity index is 613. The maximum Gasteiger partial charge on any atom is 0.237 e. The molecule has 7 nitrogen and oxygen atoms in total. The van der Waals surface area contributed by atoms with Crippen LogP contribution in [0.15, 0.2) is 18.6 Å². The summed E-state index contributed by atoms with van der Waals surface area (Å²) >= 11 is 0. The van der Waals surface area contributed by atoms with Crippen molar-refractivity contribution in [3.05, 3.63) is 18.6 Å². The number of nitrogens with zero attached hydrogens (tertiary/aromatic N) is 3. The summed E-state index contributed by atoms with van der Waals surface area (Å²) in [6, 6.07) is 1.95. The van der Waals surface area contributed by atoms with Gasteiger partial charge in [0, 0.05) is 19.3 Å². The lowest BCUT2D eigenvalue weighted by Gasteiger charge is -2.37. The van der Waals surface area contributed by atoms with Gasteiger partial charge in [0.15, 0.2) is 0 Å². The summed E-state index contributed by atoms with van der Waals surface area (Å²) < 4.78 is 0. The van der Waals surface area contributed by atoms with Gasteiger partial charge in [0.05, 0.1) is 10.9 Å². The molecule has 7 heteroatoms. The molecule has 19 heavy (non-hydrogen) atoms. The van der Waals surface area contributed by atoms with Crippen LogP contribution in [0.25, 0.3) is 11.0 Å². The smallest absolute Gasteiger partial charge is 0.237 e. The number of anilines is 1. The molecule has 100 valence electrons. The van der Waals surface area contributed by atoms with E-state index in [9.17, 15) is 4.79 Å².